The third-order valence-electron chi connectivity index (χ3n) is 8.47. The van der Waals surface area contributed by atoms with E-state index in [0.717, 1.165) is 49.7 Å². The second kappa shape index (κ2) is 11.1. The molecule has 0 fully saturated rings. The topological polar surface area (TPSA) is 92.9 Å². The van der Waals surface area contributed by atoms with Gasteiger partial charge in [0, 0.05) is 66.1 Å². The van der Waals surface area contributed by atoms with E-state index in [4.69, 9.17) is 33.7 Å². The van der Waals surface area contributed by atoms with Crippen molar-refractivity contribution in [2.24, 2.45) is 0 Å². The van der Waals surface area contributed by atoms with Crippen LogP contribution in [0.1, 0.15) is 49.2 Å². The fourth-order valence-electron chi connectivity index (χ4n) is 6.60. The van der Waals surface area contributed by atoms with Gasteiger partial charge in [-0.25, -0.2) is 0 Å². The second-order valence-electron chi connectivity index (χ2n) is 11.1. The van der Waals surface area contributed by atoms with Gasteiger partial charge in [-0.2, -0.15) is 0 Å². The van der Waals surface area contributed by atoms with Crippen LogP contribution in [0.5, 0.6) is 5.75 Å². The van der Waals surface area contributed by atoms with E-state index in [1.54, 1.807) is 28.0 Å². The molecule has 3 heterocycles. The van der Waals surface area contributed by atoms with Gasteiger partial charge in [0.25, 0.3) is 11.8 Å². The van der Waals surface area contributed by atoms with Crippen LogP contribution in [0.25, 0.3) is 21.5 Å². The first-order valence-corrected chi connectivity index (χ1v) is 16.1. The summed E-state index contributed by atoms with van der Waals surface area (Å²) >= 11 is 14.0. The number of carbonyl (C=O) groups is 3. The zero-order valence-electron chi connectivity index (χ0n) is 23.7. The molecule has 0 saturated carbocycles. The number of anilines is 3. The molecule has 7 rings (SSSR count). The van der Waals surface area contributed by atoms with Crippen molar-refractivity contribution in [2.45, 2.75) is 18.8 Å². The van der Waals surface area contributed by atoms with Gasteiger partial charge in [-0.05, 0) is 40.1 Å². The second-order valence-corrected chi connectivity index (χ2v) is 12.8. The summed E-state index contributed by atoms with van der Waals surface area (Å²) in [6, 6.07) is 22.5. The van der Waals surface area contributed by atoms with Crippen molar-refractivity contribution in [3.8, 4) is 5.75 Å². The van der Waals surface area contributed by atoms with Crippen molar-refractivity contribution < 1.29 is 19.1 Å². The highest BCUT2D eigenvalue weighted by Crippen LogP contribution is 2.47. The number of nitrogens with zero attached hydrogens (tertiary/aromatic N) is 2. The van der Waals surface area contributed by atoms with Crippen LogP contribution in [0, 0.1) is 0 Å². The van der Waals surface area contributed by atoms with Crippen molar-refractivity contribution in [2.75, 3.05) is 40.4 Å². The van der Waals surface area contributed by atoms with E-state index in [0.29, 0.717) is 51.7 Å². The molecule has 2 aliphatic heterocycles. The normalized spacial score (nSPS) is 17.2. The van der Waals surface area contributed by atoms with Crippen LogP contribution in [0.3, 0.4) is 0 Å². The SMILES string of the molecule is CC(=O)Oc1cc2c(c3ccccc13)C(CCl)CN2C(=O)c1ccc(C(=O)N2CC(CCl)c3c2cc(N)c2ccccc32)s1. The molecule has 1 aromatic heterocycles. The first-order chi connectivity index (χ1) is 21.3. The molecule has 0 bridgehead atoms. The standard InChI is InChI=1S/C34H27Cl2N3O4S/c1-18(40)43-28-13-27-32(24-9-5-3-7-22(24)28)20(15-36)17-39(27)34(42)30-11-10-29(44-30)33(41)38-16-19(14-35)31-23-8-4-2-6-21(23)25(37)12-26(31)38/h2-13,19-20H,14-17,37H2,1H3. The molecule has 0 radical (unpaired) electrons. The maximum atomic E-state index is 14.0. The molecular weight excluding hydrogens is 617 g/mol. The Morgan fingerprint density at radius 2 is 1.25 bits per heavy atom. The van der Waals surface area contributed by atoms with Gasteiger partial charge in [0.2, 0.25) is 0 Å². The third kappa shape index (κ3) is 4.51. The number of carbonyl (C=O) groups excluding carboxylic acids is 3. The number of hydrogen-bond donors (Lipinski definition) is 1. The Morgan fingerprint density at radius 1 is 0.773 bits per heavy atom. The Hall–Kier alpha value is -4.11. The van der Waals surface area contributed by atoms with Crippen molar-refractivity contribution in [1.82, 2.24) is 0 Å². The van der Waals surface area contributed by atoms with Gasteiger partial charge in [-0.1, -0.05) is 48.5 Å². The minimum Gasteiger partial charge on any atom is -0.426 e. The molecule has 0 spiro atoms. The number of amides is 2. The first kappa shape index (κ1) is 28.6. The van der Waals surface area contributed by atoms with Gasteiger partial charge in [0.05, 0.1) is 21.1 Å². The molecular formula is C34H27Cl2N3O4S. The molecule has 5 aromatic rings. The average molecular weight is 645 g/mol. The zero-order valence-corrected chi connectivity index (χ0v) is 26.0. The van der Waals surface area contributed by atoms with Crippen LogP contribution in [0.15, 0.2) is 72.8 Å². The Kier molecular flexibility index (Phi) is 7.23. The molecule has 0 aliphatic carbocycles. The minimum atomic E-state index is -0.448. The van der Waals surface area contributed by atoms with Gasteiger partial charge in [0.15, 0.2) is 0 Å². The minimum absolute atomic E-state index is 0.0444. The van der Waals surface area contributed by atoms with E-state index >= 15 is 0 Å². The fraction of sp³-hybridized carbons (Fsp3) is 0.206. The lowest BCUT2D eigenvalue weighted by molar-refractivity contribution is -0.131. The number of thiophene rings is 1. The molecule has 10 heteroatoms. The summed E-state index contributed by atoms with van der Waals surface area (Å²) in [5.74, 6) is 0.00304. The van der Waals surface area contributed by atoms with Crippen LogP contribution < -0.4 is 20.3 Å². The summed E-state index contributed by atoms with van der Waals surface area (Å²) in [5.41, 5.74) is 10.4. The maximum Gasteiger partial charge on any atom is 0.308 e. The molecule has 2 unspecified atom stereocenters. The number of nitrogen functional groups attached to an aromatic ring is 1. The molecule has 4 aromatic carbocycles. The summed E-state index contributed by atoms with van der Waals surface area (Å²) in [7, 11) is 0. The molecule has 0 saturated heterocycles. The number of esters is 1. The Morgan fingerprint density at radius 3 is 1.77 bits per heavy atom. The Balaban J connectivity index is 1.23. The lowest BCUT2D eigenvalue weighted by atomic mass is 9.95. The summed E-state index contributed by atoms with van der Waals surface area (Å²) in [4.78, 5) is 44.1. The zero-order chi connectivity index (χ0) is 30.7. The Bertz CT molecular complexity index is 2010. The maximum absolute atomic E-state index is 14.0. The highest BCUT2D eigenvalue weighted by Gasteiger charge is 2.38. The van der Waals surface area contributed by atoms with Crippen molar-refractivity contribution in [1.29, 1.82) is 0 Å². The number of alkyl halides is 2. The van der Waals surface area contributed by atoms with Crippen molar-refractivity contribution in [3.05, 3.63) is 93.7 Å². The van der Waals surface area contributed by atoms with Crippen LogP contribution in [0.4, 0.5) is 17.1 Å². The first-order valence-electron chi connectivity index (χ1n) is 14.2. The predicted octanol–water partition coefficient (Wildman–Crippen LogP) is 7.53. The summed E-state index contributed by atoms with van der Waals surface area (Å²) in [6.07, 6.45) is 0. The van der Waals surface area contributed by atoms with E-state index < -0.39 is 5.97 Å². The number of fused-ring (bicyclic) bond motifs is 6. The van der Waals surface area contributed by atoms with Crippen LogP contribution in [-0.4, -0.2) is 42.6 Å². The van der Waals surface area contributed by atoms with Gasteiger partial charge in [-0.3, -0.25) is 14.4 Å². The van der Waals surface area contributed by atoms with E-state index in [1.807, 2.05) is 54.6 Å². The highest BCUT2D eigenvalue weighted by molar-refractivity contribution is 7.16. The summed E-state index contributed by atoms with van der Waals surface area (Å²) in [6.45, 7) is 2.15. The van der Waals surface area contributed by atoms with Crippen molar-refractivity contribution >= 4 is 90.9 Å². The third-order valence-corrected chi connectivity index (χ3v) is 10.3. The number of ether oxygens (including phenoxy) is 1. The van der Waals surface area contributed by atoms with Gasteiger partial charge in [0.1, 0.15) is 5.75 Å². The smallest absolute Gasteiger partial charge is 0.308 e. The molecule has 2 N–H and O–H groups in total. The quantitative estimate of drug-likeness (QED) is 0.0925. The van der Waals surface area contributed by atoms with Crippen LogP contribution in [-0.2, 0) is 4.79 Å². The Labute approximate surface area is 267 Å². The van der Waals surface area contributed by atoms with E-state index in [-0.39, 0.29) is 23.7 Å². The molecule has 7 nitrogen and oxygen atoms in total. The lowest BCUT2D eigenvalue weighted by Crippen LogP contribution is -2.30. The molecule has 2 atom stereocenters. The average Bonchev–Trinajstić information content (AvgIpc) is 3.76. The van der Waals surface area contributed by atoms with Gasteiger partial charge >= 0.3 is 5.97 Å². The highest BCUT2D eigenvalue weighted by atomic mass is 35.5. The van der Waals surface area contributed by atoms with E-state index in [9.17, 15) is 14.4 Å². The fourth-order valence-corrected chi connectivity index (χ4v) is 8.00. The number of hydrogen-bond acceptors (Lipinski definition) is 6. The summed E-state index contributed by atoms with van der Waals surface area (Å²) < 4.78 is 5.55. The van der Waals surface area contributed by atoms with E-state index in [1.165, 1.54) is 6.92 Å². The number of benzene rings is 4. The van der Waals surface area contributed by atoms with Crippen LogP contribution >= 0.6 is 34.5 Å². The predicted molar refractivity (Wildman–Crippen MR) is 178 cm³/mol. The molecule has 44 heavy (non-hydrogen) atoms. The largest absolute Gasteiger partial charge is 0.426 e. The van der Waals surface area contributed by atoms with Gasteiger partial charge in [-0.15, -0.1) is 34.5 Å². The molecule has 2 amide bonds. The number of nitrogens with two attached hydrogens (primary N) is 1. The van der Waals surface area contributed by atoms with E-state index in [2.05, 4.69) is 0 Å². The molecule has 222 valence electrons. The van der Waals surface area contributed by atoms with Crippen LogP contribution in [0.2, 0.25) is 0 Å². The van der Waals surface area contributed by atoms with Crippen molar-refractivity contribution in [3.63, 3.8) is 0 Å². The monoisotopic (exact) mass is 643 g/mol. The van der Waals surface area contributed by atoms with Gasteiger partial charge < -0.3 is 20.3 Å². The number of rotatable bonds is 5. The number of halogens is 2. The molecule has 2 aliphatic rings. The lowest BCUT2D eigenvalue weighted by Gasteiger charge is -2.19. The summed E-state index contributed by atoms with van der Waals surface area (Å²) in [5, 5.41) is 3.60.